The van der Waals surface area contributed by atoms with Gasteiger partial charge in [-0.3, -0.25) is 9.69 Å². The van der Waals surface area contributed by atoms with Crippen molar-refractivity contribution >= 4 is 22.9 Å². The normalized spacial score (nSPS) is 22.3. The van der Waals surface area contributed by atoms with E-state index in [9.17, 15) is 9.59 Å². The molecule has 39 heavy (non-hydrogen) atoms. The Morgan fingerprint density at radius 1 is 1.10 bits per heavy atom. The molecule has 2 amide bonds. The molecule has 2 aromatic carbocycles. The Kier molecular flexibility index (Phi) is 7.21. The summed E-state index contributed by atoms with van der Waals surface area (Å²) in [5.74, 6) is 1.40. The first-order valence-corrected chi connectivity index (χ1v) is 13.3. The molecule has 1 N–H and O–H groups in total. The maximum atomic E-state index is 13.3. The predicted molar refractivity (Wildman–Crippen MR) is 150 cm³/mol. The van der Waals surface area contributed by atoms with Crippen molar-refractivity contribution in [3.05, 3.63) is 67.3 Å². The number of hydrogen-bond acceptors (Lipinski definition) is 6. The lowest BCUT2D eigenvalue weighted by Crippen LogP contribution is -2.48. The second kappa shape index (κ2) is 10.6. The Bertz CT molecular complexity index is 1380. The first-order valence-electron chi connectivity index (χ1n) is 13.3. The zero-order chi connectivity index (χ0) is 27.7. The lowest BCUT2D eigenvalue weighted by atomic mass is 10.1. The molecule has 1 aliphatic carbocycles. The van der Waals surface area contributed by atoms with E-state index in [-0.39, 0.29) is 24.4 Å². The maximum Gasteiger partial charge on any atom is 0.411 e. The highest BCUT2D eigenvalue weighted by atomic mass is 16.6. The number of carbonyl (C=O) groups excluding carboxylic acids is 2. The van der Waals surface area contributed by atoms with Crippen LogP contribution in [0, 0.1) is 5.92 Å². The van der Waals surface area contributed by atoms with Crippen molar-refractivity contribution < 1.29 is 23.8 Å². The Balaban J connectivity index is 1.44. The van der Waals surface area contributed by atoms with Gasteiger partial charge in [-0.15, -0.1) is 6.58 Å². The summed E-state index contributed by atoms with van der Waals surface area (Å²) in [5, 5.41) is 3.88. The van der Waals surface area contributed by atoms with Gasteiger partial charge in [-0.2, -0.15) is 0 Å². The number of nitrogens with one attached hydrogen (secondary N) is 1. The third kappa shape index (κ3) is 6.00. The topological polar surface area (TPSA) is 90.0 Å². The van der Waals surface area contributed by atoms with Crippen molar-refractivity contribution in [2.24, 2.45) is 5.92 Å². The number of nitrogens with zero attached hydrogens (tertiary/aromatic N) is 2. The summed E-state index contributed by atoms with van der Waals surface area (Å²) < 4.78 is 17.6. The molecular formula is C31H35N3O5. The van der Waals surface area contributed by atoms with E-state index in [0.29, 0.717) is 17.9 Å². The van der Waals surface area contributed by atoms with Gasteiger partial charge in [-0.25, -0.2) is 9.78 Å². The number of hydrogen-bond donors (Lipinski definition) is 1. The third-order valence-corrected chi connectivity index (χ3v) is 7.01. The minimum Gasteiger partial charge on any atom is -0.497 e. The monoisotopic (exact) mass is 529 g/mol. The highest BCUT2D eigenvalue weighted by Gasteiger charge is 2.45. The summed E-state index contributed by atoms with van der Waals surface area (Å²) in [6.45, 7) is 9.47. The van der Waals surface area contributed by atoms with Crippen LogP contribution in [-0.2, 0) is 9.53 Å². The van der Waals surface area contributed by atoms with Crippen LogP contribution in [0.25, 0.3) is 22.2 Å². The van der Waals surface area contributed by atoms with Gasteiger partial charge >= 0.3 is 6.09 Å². The molecule has 4 atom stereocenters. The maximum absolute atomic E-state index is 13.3. The predicted octanol–water partition coefficient (Wildman–Crippen LogP) is 5.36. The van der Waals surface area contributed by atoms with E-state index in [1.807, 2.05) is 81.4 Å². The molecule has 1 aliphatic heterocycles. The molecule has 3 aromatic rings. The van der Waals surface area contributed by atoms with Crippen LogP contribution in [0.4, 0.5) is 4.79 Å². The Labute approximate surface area is 229 Å². The zero-order valence-electron chi connectivity index (χ0n) is 22.8. The molecule has 2 aliphatic rings. The molecule has 8 heteroatoms. The molecule has 1 saturated carbocycles. The number of pyridine rings is 1. The second-order valence-corrected chi connectivity index (χ2v) is 11.1. The van der Waals surface area contributed by atoms with E-state index in [0.717, 1.165) is 28.6 Å². The SMILES string of the molecule is C=CC1CC1NC(=O)C1CC(Oc2cc(-c3ccccc3)nc3cc(OC)ccc23)CN1C(=O)OC(C)(C)C. The molecular weight excluding hydrogens is 494 g/mol. The van der Waals surface area contributed by atoms with Crippen molar-refractivity contribution in [3.63, 3.8) is 0 Å². The number of methoxy groups -OCH3 is 1. The van der Waals surface area contributed by atoms with Crippen molar-refractivity contribution in [1.29, 1.82) is 0 Å². The van der Waals surface area contributed by atoms with Crippen LogP contribution >= 0.6 is 0 Å². The van der Waals surface area contributed by atoms with E-state index in [2.05, 4.69) is 11.9 Å². The minimum absolute atomic E-state index is 0.0583. The number of aromatic nitrogens is 1. The molecule has 0 spiro atoms. The van der Waals surface area contributed by atoms with Crippen molar-refractivity contribution in [3.8, 4) is 22.8 Å². The number of ether oxygens (including phenoxy) is 3. The molecule has 1 aromatic heterocycles. The summed E-state index contributed by atoms with van der Waals surface area (Å²) in [7, 11) is 1.62. The minimum atomic E-state index is -0.697. The van der Waals surface area contributed by atoms with E-state index in [1.54, 1.807) is 7.11 Å². The van der Waals surface area contributed by atoms with Gasteiger partial charge in [0.1, 0.15) is 29.2 Å². The van der Waals surface area contributed by atoms with Crippen LogP contribution in [0.15, 0.2) is 67.3 Å². The van der Waals surface area contributed by atoms with Gasteiger partial charge in [-0.05, 0) is 45.2 Å². The van der Waals surface area contributed by atoms with Gasteiger partial charge in [0, 0.05) is 35.5 Å². The average molecular weight is 530 g/mol. The molecule has 5 rings (SSSR count). The molecule has 2 fully saturated rings. The molecule has 2 heterocycles. The first kappa shape index (κ1) is 26.5. The van der Waals surface area contributed by atoms with Gasteiger partial charge in [0.25, 0.3) is 0 Å². The van der Waals surface area contributed by atoms with Crippen LogP contribution < -0.4 is 14.8 Å². The molecule has 8 nitrogen and oxygen atoms in total. The summed E-state index contributed by atoms with van der Waals surface area (Å²) in [6.07, 6.45) is 2.11. The number of likely N-dealkylation sites (tertiary alicyclic amines) is 1. The fourth-order valence-corrected chi connectivity index (χ4v) is 4.91. The molecule has 204 valence electrons. The second-order valence-electron chi connectivity index (χ2n) is 11.1. The highest BCUT2D eigenvalue weighted by molar-refractivity contribution is 5.89. The van der Waals surface area contributed by atoms with Crippen molar-refractivity contribution in [2.45, 2.75) is 57.4 Å². The van der Waals surface area contributed by atoms with E-state index in [4.69, 9.17) is 19.2 Å². The zero-order valence-corrected chi connectivity index (χ0v) is 22.8. The highest BCUT2D eigenvalue weighted by Crippen LogP contribution is 2.35. The Morgan fingerprint density at radius 3 is 2.54 bits per heavy atom. The van der Waals surface area contributed by atoms with E-state index >= 15 is 0 Å². The van der Waals surface area contributed by atoms with Crippen LogP contribution in [0.5, 0.6) is 11.5 Å². The van der Waals surface area contributed by atoms with Crippen molar-refractivity contribution in [1.82, 2.24) is 15.2 Å². The Morgan fingerprint density at radius 2 is 1.87 bits per heavy atom. The van der Waals surface area contributed by atoms with Crippen molar-refractivity contribution in [2.75, 3.05) is 13.7 Å². The first-order chi connectivity index (χ1) is 18.6. The Hall–Kier alpha value is -4.07. The number of carbonyl (C=O) groups is 2. The standard InChI is InChI=1S/C31H35N3O5/c1-6-19-14-24(19)33-29(35)27-16-22(18-34(27)30(36)39-31(2,3)4)38-28-17-25(20-10-8-7-9-11-20)32-26-15-21(37-5)12-13-23(26)28/h6-13,15,17,19,22,24,27H,1,14,16,18H2,2-5H3,(H,33,35). The van der Waals surface area contributed by atoms with Gasteiger partial charge in [0.15, 0.2) is 0 Å². The average Bonchev–Trinajstić information content (AvgIpc) is 3.52. The smallest absolute Gasteiger partial charge is 0.411 e. The van der Waals surface area contributed by atoms with Crippen LogP contribution in [-0.4, -0.2) is 59.3 Å². The third-order valence-electron chi connectivity index (χ3n) is 7.01. The quantitative estimate of drug-likeness (QED) is 0.415. The molecule has 0 bridgehead atoms. The number of fused-ring (bicyclic) bond motifs is 1. The number of benzene rings is 2. The summed E-state index contributed by atoms with van der Waals surface area (Å²) in [4.78, 5) is 32.8. The van der Waals surface area contributed by atoms with Crippen LogP contribution in [0.2, 0.25) is 0 Å². The summed E-state index contributed by atoms with van der Waals surface area (Å²) in [6, 6.07) is 16.8. The van der Waals surface area contributed by atoms with Gasteiger partial charge in [-0.1, -0.05) is 36.4 Å². The molecule has 1 saturated heterocycles. The van der Waals surface area contributed by atoms with Gasteiger partial charge in [0.2, 0.25) is 5.91 Å². The largest absolute Gasteiger partial charge is 0.497 e. The van der Waals surface area contributed by atoms with Crippen LogP contribution in [0.1, 0.15) is 33.6 Å². The molecule has 0 radical (unpaired) electrons. The van der Waals surface area contributed by atoms with E-state index in [1.165, 1.54) is 4.90 Å². The fraction of sp³-hybridized carbons (Fsp3) is 0.387. The van der Waals surface area contributed by atoms with Gasteiger partial charge in [0.05, 0.1) is 24.9 Å². The summed E-state index contributed by atoms with van der Waals surface area (Å²) in [5.41, 5.74) is 1.75. The summed E-state index contributed by atoms with van der Waals surface area (Å²) >= 11 is 0. The fourth-order valence-electron chi connectivity index (χ4n) is 4.91. The van der Waals surface area contributed by atoms with E-state index < -0.39 is 23.8 Å². The van der Waals surface area contributed by atoms with Gasteiger partial charge < -0.3 is 19.5 Å². The lowest BCUT2D eigenvalue weighted by Gasteiger charge is -2.27. The van der Waals surface area contributed by atoms with Crippen LogP contribution in [0.3, 0.4) is 0 Å². The molecule has 4 unspecified atom stereocenters. The number of amides is 2. The number of rotatable bonds is 7. The lowest BCUT2D eigenvalue weighted by molar-refractivity contribution is -0.125.